The summed E-state index contributed by atoms with van der Waals surface area (Å²) in [4.78, 5) is 28.6. The first-order chi connectivity index (χ1) is 13.2. The van der Waals surface area contributed by atoms with Gasteiger partial charge in [-0.2, -0.15) is 0 Å². The first-order valence-corrected chi connectivity index (χ1v) is 10.4. The van der Waals surface area contributed by atoms with Crippen LogP contribution in [0.25, 0.3) is 6.08 Å². The second-order valence-electron chi connectivity index (χ2n) is 6.50. The summed E-state index contributed by atoms with van der Waals surface area (Å²) in [6.45, 7) is 1.48. The highest BCUT2D eigenvalue weighted by atomic mass is 32.2. The van der Waals surface area contributed by atoms with Crippen molar-refractivity contribution in [3.05, 3.63) is 71.4 Å². The molecule has 4 nitrogen and oxygen atoms in total. The number of amides is 2. The fraction of sp³-hybridized carbons (Fsp3) is 0.273. The molecule has 0 aliphatic carbocycles. The van der Waals surface area contributed by atoms with Gasteiger partial charge in [-0.05, 0) is 61.4 Å². The van der Waals surface area contributed by atoms with Crippen molar-refractivity contribution in [2.45, 2.75) is 24.2 Å². The SMILES string of the molecule is CSc1ccc(/C=C(\NC(=O)c2ccccc2)C(=O)N2CCCCC2)cc1. The largest absolute Gasteiger partial charge is 0.337 e. The second kappa shape index (κ2) is 9.42. The van der Waals surface area contributed by atoms with E-state index < -0.39 is 0 Å². The molecule has 0 aromatic heterocycles. The number of nitrogens with zero attached hydrogens (tertiary/aromatic N) is 1. The third-order valence-electron chi connectivity index (χ3n) is 4.58. The second-order valence-corrected chi connectivity index (χ2v) is 7.38. The first-order valence-electron chi connectivity index (χ1n) is 9.19. The van der Waals surface area contributed by atoms with Gasteiger partial charge in [0, 0.05) is 23.5 Å². The number of rotatable bonds is 5. The van der Waals surface area contributed by atoms with Gasteiger partial charge in [0.1, 0.15) is 5.70 Å². The number of thioether (sulfide) groups is 1. The van der Waals surface area contributed by atoms with Crippen molar-refractivity contribution in [1.82, 2.24) is 10.2 Å². The molecule has 0 saturated carbocycles. The van der Waals surface area contributed by atoms with E-state index in [-0.39, 0.29) is 11.8 Å². The molecule has 0 radical (unpaired) electrons. The Balaban J connectivity index is 1.86. The number of benzene rings is 2. The molecule has 1 N–H and O–H groups in total. The molecule has 1 aliphatic heterocycles. The zero-order valence-corrected chi connectivity index (χ0v) is 16.3. The summed E-state index contributed by atoms with van der Waals surface area (Å²) in [7, 11) is 0. The lowest BCUT2D eigenvalue weighted by atomic mass is 10.1. The molecule has 1 saturated heterocycles. The van der Waals surface area contributed by atoms with Crippen molar-refractivity contribution in [3.63, 3.8) is 0 Å². The first kappa shape index (κ1) is 19.2. The van der Waals surface area contributed by atoms with E-state index in [0.29, 0.717) is 11.3 Å². The molecular weight excluding hydrogens is 356 g/mol. The summed E-state index contributed by atoms with van der Waals surface area (Å²) in [6, 6.07) is 16.9. The Morgan fingerprint density at radius 1 is 0.963 bits per heavy atom. The van der Waals surface area contributed by atoms with Gasteiger partial charge in [0.25, 0.3) is 11.8 Å². The van der Waals surface area contributed by atoms with E-state index in [1.807, 2.05) is 53.6 Å². The van der Waals surface area contributed by atoms with E-state index in [0.717, 1.165) is 42.8 Å². The van der Waals surface area contributed by atoms with Crippen molar-refractivity contribution >= 4 is 29.7 Å². The number of hydrogen-bond donors (Lipinski definition) is 1. The molecule has 1 heterocycles. The van der Waals surface area contributed by atoms with Crippen LogP contribution >= 0.6 is 11.8 Å². The van der Waals surface area contributed by atoms with Crippen LogP contribution in [0, 0.1) is 0 Å². The van der Waals surface area contributed by atoms with Crippen LogP contribution in [0.15, 0.2) is 65.2 Å². The Morgan fingerprint density at radius 3 is 2.26 bits per heavy atom. The average molecular weight is 381 g/mol. The Morgan fingerprint density at radius 2 is 1.63 bits per heavy atom. The monoisotopic (exact) mass is 380 g/mol. The number of carbonyl (C=O) groups excluding carboxylic acids is 2. The third-order valence-corrected chi connectivity index (χ3v) is 5.33. The molecule has 0 bridgehead atoms. The predicted octanol–water partition coefficient (Wildman–Crippen LogP) is 4.19. The predicted molar refractivity (Wildman–Crippen MR) is 111 cm³/mol. The van der Waals surface area contributed by atoms with Crippen LogP contribution in [0.4, 0.5) is 0 Å². The maximum atomic E-state index is 13.0. The normalized spacial score (nSPS) is 14.7. The Kier molecular flexibility index (Phi) is 6.71. The summed E-state index contributed by atoms with van der Waals surface area (Å²) >= 11 is 1.67. The number of hydrogen-bond acceptors (Lipinski definition) is 3. The zero-order valence-electron chi connectivity index (χ0n) is 15.5. The minimum atomic E-state index is -0.270. The number of carbonyl (C=O) groups is 2. The lowest BCUT2D eigenvalue weighted by molar-refractivity contribution is -0.128. The molecule has 1 aliphatic rings. The quantitative estimate of drug-likeness (QED) is 0.625. The van der Waals surface area contributed by atoms with E-state index in [2.05, 4.69) is 5.32 Å². The summed E-state index contributed by atoms with van der Waals surface area (Å²) in [5, 5.41) is 2.83. The highest BCUT2D eigenvalue weighted by Crippen LogP contribution is 2.18. The lowest BCUT2D eigenvalue weighted by Gasteiger charge is -2.27. The highest BCUT2D eigenvalue weighted by Gasteiger charge is 2.22. The highest BCUT2D eigenvalue weighted by molar-refractivity contribution is 7.98. The lowest BCUT2D eigenvalue weighted by Crippen LogP contribution is -2.41. The molecule has 2 aromatic carbocycles. The van der Waals surface area contributed by atoms with Crippen molar-refractivity contribution in [2.75, 3.05) is 19.3 Å². The minimum absolute atomic E-state index is 0.118. The van der Waals surface area contributed by atoms with Crippen LogP contribution < -0.4 is 5.32 Å². The zero-order chi connectivity index (χ0) is 19.1. The molecular formula is C22H24N2O2S. The van der Waals surface area contributed by atoms with Crippen LogP contribution in [0.3, 0.4) is 0 Å². The molecule has 27 heavy (non-hydrogen) atoms. The number of piperidine rings is 1. The van der Waals surface area contributed by atoms with E-state index in [1.165, 1.54) is 0 Å². The van der Waals surface area contributed by atoms with E-state index >= 15 is 0 Å². The van der Waals surface area contributed by atoms with Crippen LogP contribution in [0.1, 0.15) is 35.2 Å². The maximum absolute atomic E-state index is 13.0. The summed E-state index contributed by atoms with van der Waals surface area (Å²) in [5.41, 5.74) is 1.75. The molecule has 140 valence electrons. The van der Waals surface area contributed by atoms with Gasteiger partial charge in [0.2, 0.25) is 0 Å². The van der Waals surface area contributed by atoms with Gasteiger partial charge in [-0.25, -0.2) is 0 Å². The number of likely N-dealkylation sites (tertiary alicyclic amines) is 1. The summed E-state index contributed by atoms with van der Waals surface area (Å²) in [5.74, 6) is -0.388. The standard InChI is InChI=1S/C22H24N2O2S/c1-27-19-12-10-17(11-13-19)16-20(22(26)24-14-6-3-7-15-24)23-21(25)18-8-4-2-5-9-18/h2,4-5,8-13,16H,3,6-7,14-15H2,1H3,(H,23,25)/b20-16-. The summed E-state index contributed by atoms with van der Waals surface area (Å²) in [6.07, 6.45) is 6.95. The van der Waals surface area contributed by atoms with E-state index in [1.54, 1.807) is 30.0 Å². The topological polar surface area (TPSA) is 49.4 Å². The Hall–Kier alpha value is -2.53. The molecule has 0 atom stereocenters. The summed E-state index contributed by atoms with van der Waals surface area (Å²) < 4.78 is 0. The number of nitrogens with one attached hydrogen (secondary N) is 1. The van der Waals surface area contributed by atoms with Gasteiger partial charge >= 0.3 is 0 Å². The molecule has 2 amide bonds. The molecule has 3 rings (SSSR count). The fourth-order valence-corrected chi connectivity index (χ4v) is 3.48. The third kappa shape index (κ3) is 5.23. The smallest absolute Gasteiger partial charge is 0.270 e. The maximum Gasteiger partial charge on any atom is 0.270 e. The Labute approximate surface area is 164 Å². The van der Waals surface area contributed by atoms with Crippen LogP contribution in [0.5, 0.6) is 0 Å². The van der Waals surface area contributed by atoms with Gasteiger partial charge < -0.3 is 10.2 Å². The molecule has 2 aromatic rings. The average Bonchev–Trinajstić information content (AvgIpc) is 2.74. The van der Waals surface area contributed by atoms with Crippen molar-refractivity contribution in [3.8, 4) is 0 Å². The van der Waals surface area contributed by atoms with E-state index in [9.17, 15) is 9.59 Å². The minimum Gasteiger partial charge on any atom is -0.337 e. The van der Waals surface area contributed by atoms with Crippen LogP contribution in [0.2, 0.25) is 0 Å². The fourth-order valence-electron chi connectivity index (χ4n) is 3.07. The van der Waals surface area contributed by atoms with Crippen molar-refractivity contribution in [2.24, 2.45) is 0 Å². The van der Waals surface area contributed by atoms with Gasteiger partial charge in [-0.15, -0.1) is 11.8 Å². The molecule has 0 spiro atoms. The van der Waals surface area contributed by atoms with Gasteiger partial charge in [-0.1, -0.05) is 30.3 Å². The van der Waals surface area contributed by atoms with Gasteiger partial charge in [0.05, 0.1) is 0 Å². The Bertz CT molecular complexity index is 810. The van der Waals surface area contributed by atoms with Crippen molar-refractivity contribution < 1.29 is 9.59 Å². The van der Waals surface area contributed by atoms with Gasteiger partial charge in [-0.3, -0.25) is 9.59 Å². The van der Waals surface area contributed by atoms with E-state index in [4.69, 9.17) is 0 Å². The molecule has 0 unspecified atom stereocenters. The molecule has 1 fully saturated rings. The van der Waals surface area contributed by atoms with Crippen molar-refractivity contribution in [1.29, 1.82) is 0 Å². The van der Waals surface area contributed by atoms with Crippen LogP contribution in [-0.2, 0) is 4.79 Å². The molecule has 5 heteroatoms. The van der Waals surface area contributed by atoms with Crippen LogP contribution in [-0.4, -0.2) is 36.1 Å². The van der Waals surface area contributed by atoms with Gasteiger partial charge in [0.15, 0.2) is 0 Å².